The molecule has 0 saturated carbocycles. The molecule has 1 atom stereocenters. The molecule has 1 amide bonds. The zero-order valence-corrected chi connectivity index (χ0v) is 10.4. The van der Waals surface area contributed by atoms with Gasteiger partial charge in [-0.25, -0.2) is 4.79 Å². The highest BCUT2D eigenvalue weighted by Gasteiger charge is 2.37. The van der Waals surface area contributed by atoms with Crippen molar-refractivity contribution >= 4 is 6.09 Å². The molecule has 1 aliphatic rings. The molecule has 1 heterocycles. The minimum Gasteiger partial charge on any atom is -0.444 e. The number of methoxy groups -OCH3 is 1. The Bertz CT molecular complexity index is 243. The number of likely N-dealkylation sites (tertiary alicyclic amines) is 1. The molecule has 5 nitrogen and oxygen atoms in total. The molecule has 0 spiro atoms. The minimum absolute atomic E-state index is 0.104. The lowest BCUT2D eigenvalue weighted by molar-refractivity contribution is -0.0502. The molecule has 1 unspecified atom stereocenters. The SMILES string of the molecule is COCC(O)C1CN(C(=O)OC(C)(C)C)C1. The molecule has 0 bridgehead atoms. The van der Waals surface area contributed by atoms with Crippen LogP contribution in [0, 0.1) is 5.92 Å². The summed E-state index contributed by atoms with van der Waals surface area (Å²) in [5, 5.41) is 9.60. The van der Waals surface area contributed by atoms with Gasteiger partial charge in [-0.2, -0.15) is 0 Å². The van der Waals surface area contributed by atoms with Gasteiger partial charge in [-0.05, 0) is 20.8 Å². The Balaban J connectivity index is 2.28. The van der Waals surface area contributed by atoms with Crippen LogP contribution in [0.1, 0.15) is 20.8 Å². The monoisotopic (exact) mass is 231 g/mol. The summed E-state index contributed by atoms with van der Waals surface area (Å²) in [4.78, 5) is 13.1. The maximum atomic E-state index is 11.6. The van der Waals surface area contributed by atoms with Crippen molar-refractivity contribution in [1.29, 1.82) is 0 Å². The number of ether oxygens (including phenoxy) is 2. The molecule has 0 aliphatic carbocycles. The van der Waals surface area contributed by atoms with Crippen molar-refractivity contribution in [3.63, 3.8) is 0 Å². The highest BCUT2D eigenvalue weighted by Crippen LogP contribution is 2.22. The second-order valence-electron chi connectivity index (χ2n) is 5.17. The summed E-state index contributed by atoms with van der Waals surface area (Å²) in [5.74, 6) is 0.104. The molecule has 1 saturated heterocycles. The first-order valence-electron chi connectivity index (χ1n) is 5.48. The lowest BCUT2D eigenvalue weighted by Gasteiger charge is -2.41. The fraction of sp³-hybridized carbons (Fsp3) is 0.909. The summed E-state index contributed by atoms with van der Waals surface area (Å²) in [6, 6.07) is 0. The standard InChI is InChI=1S/C11H21NO4/c1-11(2,3)16-10(14)12-5-8(6-12)9(13)7-15-4/h8-9,13H,5-7H2,1-4H3. The predicted octanol–water partition coefficient (Wildman–Crippen LogP) is 0.861. The highest BCUT2D eigenvalue weighted by atomic mass is 16.6. The van der Waals surface area contributed by atoms with Gasteiger partial charge in [0, 0.05) is 26.1 Å². The molecular weight excluding hydrogens is 210 g/mol. The predicted molar refractivity (Wildman–Crippen MR) is 59.2 cm³/mol. The number of nitrogens with zero attached hydrogens (tertiary/aromatic N) is 1. The summed E-state index contributed by atoms with van der Waals surface area (Å²) in [6.45, 7) is 6.90. The average molecular weight is 231 g/mol. The normalized spacial score (nSPS) is 19.2. The van der Waals surface area contributed by atoms with Crippen molar-refractivity contribution in [2.75, 3.05) is 26.8 Å². The number of aliphatic hydroxyl groups is 1. The molecule has 0 radical (unpaired) electrons. The van der Waals surface area contributed by atoms with Crippen molar-refractivity contribution in [1.82, 2.24) is 4.90 Å². The van der Waals surface area contributed by atoms with E-state index >= 15 is 0 Å². The number of rotatable bonds is 3. The Hall–Kier alpha value is -0.810. The van der Waals surface area contributed by atoms with Crippen LogP contribution in [0.2, 0.25) is 0 Å². The van der Waals surface area contributed by atoms with Gasteiger partial charge in [0.15, 0.2) is 0 Å². The van der Waals surface area contributed by atoms with Crippen molar-refractivity contribution in [3.8, 4) is 0 Å². The van der Waals surface area contributed by atoms with E-state index in [0.717, 1.165) is 0 Å². The molecular formula is C11H21NO4. The lowest BCUT2D eigenvalue weighted by Crippen LogP contribution is -2.56. The highest BCUT2D eigenvalue weighted by molar-refractivity contribution is 5.69. The smallest absolute Gasteiger partial charge is 0.410 e. The topological polar surface area (TPSA) is 59.0 Å². The number of hydrogen-bond donors (Lipinski definition) is 1. The Morgan fingerprint density at radius 3 is 2.50 bits per heavy atom. The summed E-state index contributed by atoms with van der Waals surface area (Å²) >= 11 is 0. The molecule has 5 heteroatoms. The van der Waals surface area contributed by atoms with Crippen LogP contribution in [0.15, 0.2) is 0 Å². The quantitative estimate of drug-likeness (QED) is 0.782. The number of hydrogen-bond acceptors (Lipinski definition) is 4. The van der Waals surface area contributed by atoms with Gasteiger partial charge in [0.05, 0.1) is 12.7 Å². The minimum atomic E-state index is -0.497. The van der Waals surface area contributed by atoms with Gasteiger partial charge in [-0.15, -0.1) is 0 Å². The van der Waals surface area contributed by atoms with Crippen LogP contribution in [0.3, 0.4) is 0 Å². The van der Waals surface area contributed by atoms with Gasteiger partial charge in [-0.1, -0.05) is 0 Å². The van der Waals surface area contributed by atoms with E-state index in [1.165, 1.54) is 0 Å². The van der Waals surface area contributed by atoms with Gasteiger partial charge in [0.25, 0.3) is 0 Å². The fourth-order valence-electron chi connectivity index (χ4n) is 1.54. The Labute approximate surface area is 96.3 Å². The maximum absolute atomic E-state index is 11.6. The third kappa shape index (κ3) is 3.64. The van der Waals surface area contributed by atoms with Crippen molar-refractivity contribution < 1.29 is 19.4 Å². The molecule has 0 aromatic heterocycles. The van der Waals surface area contributed by atoms with Crippen LogP contribution < -0.4 is 0 Å². The van der Waals surface area contributed by atoms with Gasteiger partial charge in [0.2, 0.25) is 0 Å². The summed E-state index contributed by atoms with van der Waals surface area (Å²) in [6.07, 6.45) is -0.808. The molecule has 1 aliphatic heterocycles. The average Bonchev–Trinajstić information content (AvgIpc) is 1.97. The Kier molecular flexibility index (Phi) is 4.15. The molecule has 94 valence electrons. The largest absolute Gasteiger partial charge is 0.444 e. The fourth-order valence-corrected chi connectivity index (χ4v) is 1.54. The van der Waals surface area contributed by atoms with E-state index in [1.807, 2.05) is 20.8 Å². The van der Waals surface area contributed by atoms with E-state index in [1.54, 1.807) is 12.0 Å². The molecule has 16 heavy (non-hydrogen) atoms. The van der Waals surface area contributed by atoms with E-state index in [2.05, 4.69) is 0 Å². The molecule has 1 rings (SSSR count). The Morgan fingerprint density at radius 2 is 2.06 bits per heavy atom. The second kappa shape index (κ2) is 5.01. The number of amides is 1. The zero-order chi connectivity index (χ0) is 12.3. The van der Waals surface area contributed by atoms with Crippen LogP contribution in [-0.4, -0.2) is 54.6 Å². The van der Waals surface area contributed by atoms with E-state index in [-0.39, 0.29) is 12.0 Å². The van der Waals surface area contributed by atoms with Crippen LogP contribution in [0.5, 0.6) is 0 Å². The van der Waals surface area contributed by atoms with Crippen LogP contribution in [-0.2, 0) is 9.47 Å². The third-order valence-electron chi connectivity index (χ3n) is 2.44. The summed E-state index contributed by atoms with van der Waals surface area (Å²) in [7, 11) is 1.55. The number of carbonyl (C=O) groups is 1. The number of aliphatic hydroxyl groups excluding tert-OH is 1. The first kappa shape index (κ1) is 13.3. The van der Waals surface area contributed by atoms with Crippen LogP contribution in [0.25, 0.3) is 0 Å². The Morgan fingerprint density at radius 1 is 1.50 bits per heavy atom. The van der Waals surface area contributed by atoms with E-state index in [4.69, 9.17) is 9.47 Å². The van der Waals surface area contributed by atoms with Crippen molar-refractivity contribution in [2.24, 2.45) is 5.92 Å². The zero-order valence-electron chi connectivity index (χ0n) is 10.4. The third-order valence-corrected chi connectivity index (χ3v) is 2.44. The van der Waals surface area contributed by atoms with Crippen LogP contribution >= 0.6 is 0 Å². The first-order chi connectivity index (χ1) is 7.33. The van der Waals surface area contributed by atoms with Crippen LogP contribution in [0.4, 0.5) is 4.79 Å². The maximum Gasteiger partial charge on any atom is 0.410 e. The lowest BCUT2D eigenvalue weighted by atomic mass is 9.95. The van der Waals surface area contributed by atoms with E-state index in [9.17, 15) is 9.90 Å². The van der Waals surface area contributed by atoms with E-state index < -0.39 is 11.7 Å². The second-order valence-corrected chi connectivity index (χ2v) is 5.17. The molecule has 0 aromatic rings. The molecule has 1 N–H and O–H groups in total. The van der Waals surface area contributed by atoms with Crippen molar-refractivity contribution in [3.05, 3.63) is 0 Å². The van der Waals surface area contributed by atoms with Gasteiger partial charge in [-0.3, -0.25) is 0 Å². The van der Waals surface area contributed by atoms with E-state index in [0.29, 0.717) is 19.7 Å². The molecule has 0 aromatic carbocycles. The molecule has 1 fully saturated rings. The summed E-state index contributed by atoms with van der Waals surface area (Å²) in [5.41, 5.74) is -0.465. The first-order valence-corrected chi connectivity index (χ1v) is 5.48. The van der Waals surface area contributed by atoms with Gasteiger partial charge < -0.3 is 19.5 Å². The van der Waals surface area contributed by atoms with Gasteiger partial charge >= 0.3 is 6.09 Å². The number of carbonyl (C=O) groups excluding carboxylic acids is 1. The summed E-state index contributed by atoms with van der Waals surface area (Å²) < 4.78 is 10.1. The van der Waals surface area contributed by atoms with Crippen molar-refractivity contribution in [2.45, 2.75) is 32.5 Å². The van der Waals surface area contributed by atoms with Gasteiger partial charge in [0.1, 0.15) is 5.60 Å².